The Kier molecular flexibility index (Phi) is 2.83. The van der Waals surface area contributed by atoms with Gasteiger partial charge in [-0.3, -0.25) is 15.3 Å². The van der Waals surface area contributed by atoms with Crippen molar-refractivity contribution in [2.45, 2.75) is 6.92 Å². The number of carbonyl (C=O) groups excluding carboxylic acids is 1. The van der Waals surface area contributed by atoms with Gasteiger partial charge in [0.15, 0.2) is 5.82 Å². The molecular formula is C14H13N5O. The highest BCUT2D eigenvalue weighted by Crippen LogP contribution is 2.24. The van der Waals surface area contributed by atoms with Gasteiger partial charge in [-0.25, -0.2) is 9.66 Å². The lowest BCUT2D eigenvalue weighted by Crippen LogP contribution is -2.21. The number of hydrogen-bond donors (Lipinski definition) is 2. The lowest BCUT2D eigenvalue weighted by molar-refractivity contribution is -0.115. The zero-order valence-electron chi connectivity index (χ0n) is 10.9. The predicted molar refractivity (Wildman–Crippen MR) is 77.4 cm³/mol. The van der Waals surface area contributed by atoms with Gasteiger partial charge >= 0.3 is 0 Å². The van der Waals surface area contributed by atoms with Gasteiger partial charge in [0.25, 0.3) is 0 Å². The summed E-state index contributed by atoms with van der Waals surface area (Å²) in [5.74, 6) is 0.412. The van der Waals surface area contributed by atoms with E-state index in [1.165, 1.54) is 6.92 Å². The highest BCUT2D eigenvalue weighted by Gasteiger charge is 2.11. The maximum Gasteiger partial charge on any atom is 0.235 e. The van der Waals surface area contributed by atoms with Crippen LogP contribution in [0.5, 0.6) is 0 Å². The number of rotatable bonds is 3. The molecule has 0 fully saturated rings. The fraction of sp³-hybridized carbons (Fsp3) is 0.0714. The lowest BCUT2D eigenvalue weighted by atomic mass is 10.1. The third kappa shape index (κ3) is 1.97. The van der Waals surface area contributed by atoms with Crippen molar-refractivity contribution < 1.29 is 4.79 Å². The second kappa shape index (κ2) is 4.65. The average molecular weight is 267 g/mol. The number of benzene rings is 1. The molecule has 2 N–H and O–H groups in total. The highest BCUT2D eigenvalue weighted by molar-refractivity contribution is 5.85. The third-order valence-corrected chi connectivity index (χ3v) is 2.98. The molecule has 1 aromatic carbocycles. The van der Waals surface area contributed by atoms with Crippen LogP contribution in [0.25, 0.3) is 28.2 Å². The van der Waals surface area contributed by atoms with Crippen molar-refractivity contribution in [1.29, 1.82) is 0 Å². The van der Waals surface area contributed by atoms with Crippen molar-refractivity contribution in [3.63, 3.8) is 0 Å². The molecule has 3 aromatic rings. The minimum Gasteiger partial charge on any atom is -0.278 e. The quantitative estimate of drug-likeness (QED) is 0.763. The van der Waals surface area contributed by atoms with Gasteiger partial charge in [-0.2, -0.15) is 5.10 Å². The van der Waals surface area contributed by atoms with Gasteiger partial charge in [0, 0.05) is 17.9 Å². The number of amides is 1. The number of aromatic amines is 1. The summed E-state index contributed by atoms with van der Waals surface area (Å²) >= 11 is 0. The molecule has 2 heterocycles. The second-order valence-corrected chi connectivity index (χ2v) is 4.38. The lowest BCUT2D eigenvalue weighted by Gasteiger charge is -2.10. The summed E-state index contributed by atoms with van der Waals surface area (Å²) in [6, 6.07) is 5.89. The van der Waals surface area contributed by atoms with E-state index in [0.717, 1.165) is 22.2 Å². The van der Waals surface area contributed by atoms with E-state index < -0.39 is 0 Å². The van der Waals surface area contributed by atoms with Gasteiger partial charge in [0.1, 0.15) is 0 Å². The van der Waals surface area contributed by atoms with Crippen molar-refractivity contribution >= 4 is 22.9 Å². The first-order valence-electron chi connectivity index (χ1n) is 6.10. The largest absolute Gasteiger partial charge is 0.278 e. The molecule has 0 saturated carbocycles. The molecule has 0 spiro atoms. The van der Waals surface area contributed by atoms with E-state index in [1.807, 2.05) is 18.2 Å². The molecule has 0 radical (unpaired) electrons. The summed E-state index contributed by atoms with van der Waals surface area (Å²) in [5.41, 5.74) is 5.37. The van der Waals surface area contributed by atoms with E-state index in [1.54, 1.807) is 23.1 Å². The molecule has 0 aliphatic carbocycles. The van der Waals surface area contributed by atoms with Gasteiger partial charge in [0.2, 0.25) is 5.91 Å². The molecule has 6 nitrogen and oxygen atoms in total. The maximum atomic E-state index is 11.3. The van der Waals surface area contributed by atoms with Crippen LogP contribution in [0.3, 0.4) is 0 Å². The van der Waals surface area contributed by atoms with Crippen LogP contribution in [0, 0.1) is 0 Å². The Morgan fingerprint density at radius 2 is 2.30 bits per heavy atom. The normalized spacial score (nSPS) is 10.7. The molecule has 6 heteroatoms. The smallest absolute Gasteiger partial charge is 0.235 e. The zero-order valence-corrected chi connectivity index (χ0v) is 10.9. The van der Waals surface area contributed by atoms with Crippen LogP contribution in [-0.2, 0) is 4.79 Å². The molecule has 0 aliphatic rings. The van der Waals surface area contributed by atoms with Crippen LogP contribution in [-0.4, -0.2) is 25.8 Å². The molecular weight excluding hydrogens is 254 g/mol. The van der Waals surface area contributed by atoms with Crippen LogP contribution < -0.4 is 5.43 Å². The molecule has 3 rings (SSSR count). The number of fused-ring (bicyclic) bond motifs is 1. The first-order valence-corrected chi connectivity index (χ1v) is 6.10. The molecule has 0 unspecified atom stereocenters. The number of carbonyl (C=O) groups is 1. The predicted octanol–water partition coefficient (Wildman–Crippen LogP) is 2.16. The Hall–Kier alpha value is -2.89. The Bertz CT molecular complexity index is 799. The molecule has 0 saturated heterocycles. The number of nitrogens with zero attached hydrogens (tertiary/aromatic N) is 3. The number of nitrogens with one attached hydrogen (secondary N) is 2. The first kappa shape index (κ1) is 12.2. The molecule has 20 heavy (non-hydrogen) atoms. The van der Waals surface area contributed by atoms with E-state index in [-0.39, 0.29) is 5.91 Å². The second-order valence-electron chi connectivity index (χ2n) is 4.38. The van der Waals surface area contributed by atoms with Gasteiger partial charge in [-0.05, 0) is 12.1 Å². The van der Waals surface area contributed by atoms with E-state index in [4.69, 9.17) is 0 Å². The molecule has 0 aliphatic heterocycles. The fourth-order valence-electron chi connectivity index (χ4n) is 2.09. The van der Waals surface area contributed by atoms with Gasteiger partial charge < -0.3 is 0 Å². The number of H-pyrrole nitrogens is 1. The molecule has 0 atom stereocenters. The Morgan fingerprint density at radius 1 is 1.45 bits per heavy atom. The van der Waals surface area contributed by atoms with Crippen molar-refractivity contribution in [3.05, 3.63) is 43.0 Å². The van der Waals surface area contributed by atoms with Gasteiger partial charge in [-0.1, -0.05) is 18.7 Å². The third-order valence-electron chi connectivity index (χ3n) is 2.98. The summed E-state index contributed by atoms with van der Waals surface area (Å²) < 4.78 is 1.62. The summed E-state index contributed by atoms with van der Waals surface area (Å²) in [6.07, 6.45) is 5.05. The summed E-state index contributed by atoms with van der Waals surface area (Å²) in [4.78, 5) is 15.6. The molecule has 100 valence electrons. The summed E-state index contributed by atoms with van der Waals surface area (Å²) in [7, 11) is 0. The standard InChI is InChI=1S/C14H13N5O/c1-3-14-15-8-13(19(14)18-9(2)20)10-4-5-11-7-16-17-12(11)6-10/h3-8H,1H2,2H3,(H,16,17)(H,18,20). The zero-order chi connectivity index (χ0) is 14.1. The Morgan fingerprint density at radius 3 is 3.05 bits per heavy atom. The van der Waals surface area contributed by atoms with Crippen molar-refractivity contribution in [2.24, 2.45) is 0 Å². The van der Waals surface area contributed by atoms with Crippen LogP contribution in [0.2, 0.25) is 0 Å². The van der Waals surface area contributed by atoms with Crippen molar-refractivity contribution in [3.8, 4) is 11.3 Å². The SMILES string of the molecule is C=Cc1ncc(-c2ccc3cn[nH]c3c2)n1NC(C)=O. The topological polar surface area (TPSA) is 75.6 Å². The average Bonchev–Trinajstić information content (AvgIpc) is 3.03. The molecule has 2 aromatic heterocycles. The van der Waals surface area contributed by atoms with Crippen LogP contribution in [0.15, 0.2) is 37.2 Å². The Balaban J connectivity index is 2.14. The fourth-order valence-corrected chi connectivity index (χ4v) is 2.09. The highest BCUT2D eigenvalue weighted by atomic mass is 16.2. The Labute approximate surface area is 115 Å². The summed E-state index contributed by atoms with van der Waals surface area (Å²) in [6.45, 7) is 5.15. The first-order chi connectivity index (χ1) is 9.69. The molecule has 0 bridgehead atoms. The molecule has 1 amide bonds. The van der Waals surface area contributed by atoms with E-state index in [2.05, 4.69) is 27.2 Å². The van der Waals surface area contributed by atoms with Crippen LogP contribution >= 0.6 is 0 Å². The van der Waals surface area contributed by atoms with Crippen molar-refractivity contribution in [1.82, 2.24) is 19.9 Å². The van der Waals surface area contributed by atoms with E-state index in [0.29, 0.717) is 5.82 Å². The van der Waals surface area contributed by atoms with Crippen LogP contribution in [0.1, 0.15) is 12.7 Å². The minimum atomic E-state index is -0.171. The number of imidazole rings is 1. The summed E-state index contributed by atoms with van der Waals surface area (Å²) in [5, 5.41) is 7.95. The van der Waals surface area contributed by atoms with Gasteiger partial charge in [0.05, 0.1) is 23.6 Å². The number of aromatic nitrogens is 4. The van der Waals surface area contributed by atoms with Gasteiger partial charge in [-0.15, -0.1) is 0 Å². The van der Waals surface area contributed by atoms with Crippen molar-refractivity contribution in [2.75, 3.05) is 5.43 Å². The van der Waals surface area contributed by atoms with E-state index >= 15 is 0 Å². The van der Waals surface area contributed by atoms with E-state index in [9.17, 15) is 4.79 Å². The monoisotopic (exact) mass is 267 g/mol. The number of hydrogen-bond acceptors (Lipinski definition) is 3. The minimum absolute atomic E-state index is 0.171. The maximum absolute atomic E-state index is 11.3. The van der Waals surface area contributed by atoms with Crippen LogP contribution in [0.4, 0.5) is 0 Å².